The Morgan fingerprint density at radius 3 is 2.29 bits per heavy atom. The Balaban J connectivity index is 2.47. The van der Waals surface area contributed by atoms with Gasteiger partial charge in [-0.1, -0.05) is 23.2 Å². The van der Waals surface area contributed by atoms with E-state index in [1.165, 1.54) is 18.2 Å². The summed E-state index contributed by atoms with van der Waals surface area (Å²) in [6, 6.07) is 6.56. The molecule has 0 bridgehead atoms. The Morgan fingerprint density at radius 2 is 1.67 bits per heavy atom. The number of hydrogen-bond donors (Lipinski definition) is 2. The SMILES string of the molecule is Cc1cc(Cl)c(Nc2ccc(N)cc2C(F)(F)F)cc1Cl. The Hall–Kier alpha value is -1.59. The summed E-state index contributed by atoms with van der Waals surface area (Å²) in [5.74, 6) is 0. The molecule has 0 aliphatic heterocycles. The van der Waals surface area contributed by atoms with Crippen molar-refractivity contribution in [3.8, 4) is 0 Å². The molecule has 2 rings (SSSR count). The van der Waals surface area contributed by atoms with Gasteiger partial charge < -0.3 is 11.1 Å². The first-order valence-corrected chi connectivity index (χ1v) is 6.63. The molecule has 7 heteroatoms. The van der Waals surface area contributed by atoms with Gasteiger partial charge in [-0.25, -0.2) is 0 Å². The first kappa shape index (κ1) is 15.8. The fourth-order valence-electron chi connectivity index (χ4n) is 1.79. The van der Waals surface area contributed by atoms with Gasteiger partial charge >= 0.3 is 6.18 Å². The maximum Gasteiger partial charge on any atom is 0.418 e. The third-order valence-corrected chi connectivity index (χ3v) is 3.59. The second-order valence-corrected chi connectivity index (χ2v) is 5.32. The second kappa shape index (κ2) is 5.66. The highest BCUT2D eigenvalue weighted by molar-refractivity contribution is 6.35. The Labute approximate surface area is 129 Å². The van der Waals surface area contributed by atoms with Crippen LogP contribution in [-0.2, 0) is 6.18 Å². The van der Waals surface area contributed by atoms with Crippen LogP contribution in [-0.4, -0.2) is 0 Å². The van der Waals surface area contributed by atoms with Crippen LogP contribution in [0.4, 0.5) is 30.2 Å². The van der Waals surface area contributed by atoms with E-state index in [0.717, 1.165) is 11.6 Å². The highest BCUT2D eigenvalue weighted by Crippen LogP contribution is 2.39. The molecule has 0 radical (unpaired) electrons. The molecular weight excluding hydrogens is 324 g/mol. The average molecular weight is 335 g/mol. The normalized spacial score (nSPS) is 11.5. The monoisotopic (exact) mass is 334 g/mol. The fourth-order valence-corrected chi connectivity index (χ4v) is 2.22. The molecule has 0 aliphatic carbocycles. The Kier molecular flexibility index (Phi) is 4.25. The number of anilines is 3. The molecule has 0 unspecified atom stereocenters. The first-order valence-electron chi connectivity index (χ1n) is 5.88. The van der Waals surface area contributed by atoms with E-state index < -0.39 is 11.7 Å². The zero-order valence-corrected chi connectivity index (χ0v) is 12.4. The molecule has 3 N–H and O–H groups in total. The van der Waals surface area contributed by atoms with Crippen LogP contribution in [0.3, 0.4) is 0 Å². The standard InChI is InChI=1S/C14H11Cl2F3N2/c1-7-4-11(16)13(6-10(7)15)21-12-3-2-8(20)5-9(12)14(17,18)19/h2-6,21H,20H2,1H3. The maximum atomic E-state index is 13.0. The summed E-state index contributed by atoms with van der Waals surface area (Å²) in [6.45, 7) is 1.75. The number of hydrogen-bond acceptors (Lipinski definition) is 2. The number of halogens is 5. The van der Waals surface area contributed by atoms with Crippen molar-refractivity contribution in [1.29, 1.82) is 0 Å². The van der Waals surface area contributed by atoms with Crippen LogP contribution in [0.1, 0.15) is 11.1 Å². The van der Waals surface area contributed by atoms with Gasteiger partial charge in [-0.2, -0.15) is 13.2 Å². The molecule has 0 saturated heterocycles. The lowest BCUT2D eigenvalue weighted by Gasteiger charge is -2.16. The molecule has 0 fully saturated rings. The van der Waals surface area contributed by atoms with Gasteiger partial charge in [-0.15, -0.1) is 0 Å². The molecule has 2 aromatic carbocycles. The lowest BCUT2D eigenvalue weighted by molar-refractivity contribution is -0.136. The van der Waals surface area contributed by atoms with E-state index in [0.29, 0.717) is 10.7 Å². The second-order valence-electron chi connectivity index (χ2n) is 4.51. The number of alkyl halides is 3. The van der Waals surface area contributed by atoms with Crippen LogP contribution in [0.2, 0.25) is 10.0 Å². The smallest absolute Gasteiger partial charge is 0.399 e. The number of nitrogens with two attached hydrogens (primary N) is 1. The molecule has 0 spiro atoms. The van der Waals surface area contributed by atoms with Gasteiger partial charge in [0.05, 0.1) is 22.0 Å². The third kappa shape index (κ3) is 3.54. The summed E-state index contributed by atoms with van der Waals surface area (Å²) >= 11 is 12.0. The summed E-state index contributed by atoms with van der Waals surface area (Å²) in [5.41, 5.74) is 5.47. The van der Waals surface area contributed by atoms with Gasteiger partial charge in [0.2, 0.25) is 0 Å². The maximum absolute atomic E-state index is 13.0. The molecule has 0 atom stereocenters. The summed E-state index contributed by atoms with van der Waals surface area (Å²) in [7, 11) is 0. The number of aryl methyl sites for hydroxylation is 1. The van der Waals surface area contributed by atoms with E-state index in [1.54, 1.807) is 13.0 Å². The number of rotatable bonds is 2. The van der Waals surface area contributed by atoms with Crippen LogP contribution < -0.4 is 11.1 Å². The van der Waals surface area contributed by atoms with Crippen LogP contribution in [0.5, 0.6) is 0 Å². The Morgan fingerprint density at radius 1 is 1.00 bits per heavy atom. The van der Waals surface area contributed by atoms with Crippen molar-refractivity contribution in [2.45, 2.75) is 13.1 Å². The van der Waals surface area contributed by atoms with E-state index in [-0.39, 0.29) is 16.4 Å². The molecule has 0 aromatic heterocycles. The van der Waals surface area contributed by atoms with E-state index in [9.17, 15) is 13.2 Å². The lowest BCUT2D eigenvalue weighted by atomic mass is 10.1. The van der Waals surface area contributed by atoms with Gasteiger partial charge in [-0.3, -0.25) is 0 Å². The van der Waals surface area contributed by atoms with Gasteiger partial charge in [-0.05, 0) is 42.8 Å². The van der Waals surface area contributed by atoms with Crippen molar-refractivity contribution in [1.82, 2.24) is 0 Å². The summed E-state index contributed by atoms with van der Waals surface area (Å²) in [6.07, 6.45) is -4.53. The predicted octanol–water partition coefficient (Wildman–Crippen LogP) is 5.65. The zero-order chi connectivity index (χ0) is 15.8. The van der Waals surface area contributed by atoms with Crippen molar-refractivity contribution in [2.75, 3.05) is 11.1 Å². The van der Waals surface area contributed by atoms with Gasteiger partial charge in [0.25, 0.3) is 0 Å². The first-order chi connectivity index (χ1) is 9.68. The largest absolute Gasteiger partial charge is 0.418 e. The fraction of sp³-hybridized carbons (Fsp3) is 0.143. The quantitative estimate of drug-likeness (QED) is 0.696. The summed E-state index contributed by atoms with van der Waals surface area (Å²) < 4.78 is 39.1. The molecular formula is C14H11Cl2F3N2. The molecule has 2 nitrogen and oxygen atoms in total. The number of nitrogens with one attached hydrogen (secondary N) is 1. The van der Waals surface area contributed by atoms with Crippen molar-refractivity contribution in [3.05, 3.63) is 51.5 Å². The average Bonchev–Trinajstić information content (AvgIpc) is 2.36. The van der Waals surface area contributed by atoms with E-state index in [1.807, 2.05) is 0 Å². The molecule has 0 heterocycles. The van der Waals surface area contributed by atoms with Crippen molar-refractivity contribution in [3.63, 3.8) is 0 Å². The van der Waals surface area contributed by atoms with E-state index in [2.05, 4.69) is 5.32 Å². The third-order valence-electron chi connectivity index (χ3n) is 2.87. The van der Waals surface area contributed by atoms with Crippen LogP contribution >= 0.6 is 23.2 Å². The van der Waals surface area contributed by atoms with Crippen LogP contribution in [0, 0.1) is 6.92 Å². The van der Waals surface area contributed by atoms with Gasteiger partial charge in [0.15, 0.2) is 0 Å². The topological polar surface area (TPSA) is 38.0 Å². The summed E-state index contributed by atoms with van der Waals surface area (Å²) in [5, 5.41) is 3.34. The molecule has 112 valence electrons. The minimum absolute atomic E-state index is 0.0286. The predicted molar refractivity (Wildman–Crippen MR) is 80.3 cm³/mol. The highest BCUT2D eigenvalue weighted by Gasteiger charge is 2.33. The number of nitrogen functional groups attached to an aromatic ring is 1. The van der Waals surface area contributed by atoms with Crippen LogP contribution in [0.25, 0.3) is 0 Å². The van der Waals surface area contributed by atoms with Crippen molar-refractivity contribution >= 4 is 40.3 Å². The minimum Gasteiger partial charge on any atom is -0.399 e. The molecule has 0 aliphatic rings. The van der Waals surface area contributed by atoms with Crippen molar-refractivity contribution in [2.24, 2.45) is 0 Å². The summed E-state index contributed by atoms with van der Waals surface area (Å²) in [4.78, 5) is 0. The molecule has 0 saturated carbocycles. The minimum atomic E-state index is -4.53. The van der Waals surface area contributed by atoms with Gasteiger partial charge in [0.1, 0.15) is 0 Å². The van der Waals surface area contributed by atoms with Gasteiger partial charge in [0, 0.05) is 10.7 Å². The molecule has 2 aromatic rings. The zero-order valence-electron chi connectivity index (χ0n) is 10.9. The highest BCUT2D eigenvalue weighted by atomic mass is 35.5. The molecule has 21 heavy (non-hydrogen) atoms. The van der Waals surface area contributed by atoms with E-state index in [4.69, 9.17) is 28.9 Å². The van der Waals surface area contributed by atoms with Crippen molar-refractivity contribution < 1.29 is 13.2 Å². The number of benzene rings is 2. The Bertz CT molecular complexity index is 685. The molecule has 0 amide bonds. The van der Waals surface area contributed by atoms with Crippen LogP contribution in [0.15, 0.2) is 30.3 Å². The van der Waals surface area contributed by atoms with E-state index >= 15 is 0 Å². The lowest BCUT2D eigenvalue weighted by Crippen LogP contribution is -2.09.